The van der Waals surface area contributed by atoms with Gasteiger partial charge >= 0.3 is 0 Å². The van der Waals surface area contributed by atoms with Gasteiger partial charge in [-0.2, -0.15) is 0 Å². The van der Waals surface area contributed by atoms with Crippen LogP contribution in [0.25, 0.3) is 0 Å². The van der Waals surface area contributed by atoms with Gasteiger partial charge in [0.1, 0.15) is 5.82 Å². The molecule has 12 heavy (non-hydrogen) atoms. The monoisotopic (exact) mass is 170 g/mol. The zero-order valence-electron chi connectivity index (χ0n) is 9.45. The Morgan fingerprint density at radius 1 is 0.917 bits per heavy atom. The maximum atomic E-state index is 4.16. The molecule has 0 aliphatic carbocycles. The van der Waals surface area contributed by atoms with E-state index in [0.717, 1.165) is 11.5 Å². The van der Waals surface area contributed by atoms with Crippen molar-refractivity contribution < 1.29 is 0 Å². The lowest BCUT2D eigenvalue weighted by atomic mass is 10.4. The Kier molecular flexibility index (Phi) is 9.54. The summed E-state index contributed by atoms with van der Waals surface area (Å²) in [5, 5.41) is 0. The molecule has 1 heterocycles. The molecule has 1 N–H and O–H groups in total. The first-order chi connectivity index (χ1) is 5.70. The fraction of sp³-hybridized carbons (Fsp3) is 0.700. The van der Waals surface area contributed by atoms with Crippen molar-refractivity contribution >= 4 is 0 Å². The summed E-state index contributed by atoms with van der Waals surface area (Å²) in [5.41, 5.74) is 2.27. The molecule has 0 saturated carbocycles. The highest BCUT2D eigenvalue weighted by Gasteiger charge is 1.93. The standard InChI is InChI=1S/C6H10N2.2C2H6/c1-4-5(2)8-6(3)7-4;2*1-2/h1-3H3,(H,7,8);2*1-2H3. The maximum Gasteiger partial charge on any atom is 0.103 e. The molecule has 0 spiro atoms. The first kappa shape index (κ1) is 13.8. The molecule has 0 unspecified atom stereocenters. The van der Waals surface area contributed by atoms with Crippen molar-refractivity contribution in [2.45, 2.75) is 48.5 Å². The topological polar surface area (TPSA) is 28.7 Å². The van der Waals surface area contributed by atoms with Crippen molar-refractivity contribution in [3.05, 3.63) is 17.2 Å². The van der Waals surface area contributed by atoms with Crippen LogP contribution in [0.4, 0.5) is 0 Å². The van der Waals surface area contributed by atoms with Gasteiger partial charge in [0.15, 0.2) is 0 Å². The SMILES string of the molecule is CC.CC.Cc1nc(C)c(C)[nH]1. The molecular formula is C10H22N2. The highest BCUT2D eigenvalue weighted by Crippen LogP contribution is 1.99. The minimum absolute atomic E-state index is 1.00. The Morgan fingerprint density at radius 3 is 1.42 bits per heavy atom. The van der Waals surface area contributed by atoms with Crippen molar-refractivity contribution in [3.8, 4) is 0 Å². The summed E-state index contributed by atoms with van der Waals surface area (Å²) >= 11 is 0. The fourth-order valence-electron chi connectivity index (χ4n) is 0.725. The molecule has 1 aromatic heterocycles. The zero-order chi connectivity index (χ0) is 10.1. The van der Waals surface area contributed by atoms with Crippen molar-refractivity contribution in [1.29, 1.82) is 0 Å². The second-order valence-corrected chi connectivity index (χ2v) is 2.03. The molecule has 0 radical (unpaired) electrons. The van der Waals surface area contributed by atoms with Crippen LogP contribution in [0.1, 0.15) is 44.9 Å². The Balaban J connectivity index is 0. The van der Waals surface area contributed by atoms with E-state index in [-0.39, 0.29) is 0 Å². The van der Waals surface area contributed by atoms with E-state index in [1.807, 2.05) is 48.5 Å². The first-order valence-corrected chi connectivity index (χ1v) is 4.70. The van der Waals surface area contributed by atoms with E-state index in [2.05, 4.69) is 9.97 Å². The van der Waals surface area contributed by atoms with E-state index in [1.54, 1.807) is 0 Å². The number of H-pyrrole nitrogens is 1. The van der Waals surface area contributed by atoms with Crippen molar-refractivity contribution in [2.24, 2.45) is 0 Å². The van der Waals surface area contributed by atoms with Crippen molar-refractivity contribution in [1.82, 2.24) is 9.97 Å². The van der Waals surface area contributed by atoms with Crippen LogP contribution in [0.3, 0.4) is 0 Å². The molecule has 0 amide bonds. The second-order valence-electron chi connectivity index (χ2n) is 2.03. The maximum absolute atomic E-state index is 4.16. The number of nitrogens with zero attached hydrogens (tertiary/aromatic N) is 1. The van der Waals surface area contributed by atoms with Crippen molar-refractivity contribution in [2.75, 3.05) is 0 Å². The molecule has 72 valence electrons. The van der Waals surface area contributed by atoms with Crippen LogP contribution < -0.4 is 0 Å². The van der Waals surface area contributed by atoms with E-state index >= 15 is 0 Å². The molecule has 2 nitrogen and oxygen atoms in total. The summed E-state index contributed by atoms with van der Waals surface area (Å²) in [6.45, 7) is 14.0. The predicted molar refractivity (Wildman–Crippen MR) is 55.5 cm³/mol. The Morgan fingerprint density at radius 2 is 1.33 bits per heavy atom. The number of nitrogens with one attached hydrogen (secondary N) is 1. The van der Waals surface area contributed by atoms with Gasteiger partial charge in [0.05, 0.1) is 5.69 Å². The number of rotatable bonds is 0. The number of hydrogen-bond donors (Lipinski definition) is 1. The van der Waals surface area contributed by atoms with Crippen LogP contribution in [-0.2, 0) is 0 Å². The van der Waals surface area contributed by atoms with Gasteiger partial charge in [-0.05, 0) is 20.8 Å². The third-order valence-corrected chi connectivity index (χ3v) is 1.25. The lowest BCUT2D eigenvalue weighted by molar-refractivity contribution is 1.12. The van der Waals surface area contributed by atoms with Crippen LogP contribution in [0.15, 0.2) is 0 Å². The summed E-state index contributed by atoms with van der Waals surface area (Å²) < 4.78 is 0. The summed E-state index contributed by atoms with van der Waals surface area (Å²) in [7, 11) is 0. The van der Waals surface area contributed by atoms with Crippen LogP contribution in [0, 0.1) is 20.8 Å². The largest absolute Gasteiger partial charge is 0.346 e. The average Bonchev–Trinajstić information content (AvgIpc) is 2.37. The first-order valence-electron chi connectivity index (χ1n) is 4.70. The predicted octanol–water partition coefficient (Wildman–Crippen LogP) is 3.39. The summed E-state index contributed by atoms with van der Waals surface area (Å²) in [5.74, 6) is 1.00. The molecule has 0 bridgehead atoms. The molecule has 0 aromatic carbocycles. The molecule has 0 atom stereocenters. The van der Waals surface area contributed by atoms with Crippen LogP contribution in [-0.4, -0.2) is 9.97 Å². The average molecular weight is 170 g/mol. The van der Waals surface area contributed by atoms with Crippen LogP contribution >= 0.6 is 0 Å². The molecule has 0 saturated heterocycles. The molecular weight excluding hydrogens is 148 g/mol. The Hall–Kier alpha value is -0.790. The van der Waals surface area contributed by atoms with E-state index in [1.165, 1.54) is 5.69 Å². The van der Waals surface area contributed by atoms with Crippen LogP contribution in [0.2, 0.25) is 0 Å². The van der Waals surface area contributed by atoms with Gasteiger partial charge in [0.2, 0.25) is 0 Å². The van der Waals surface area contributed by atoms with E-state index in [9.17, 15) is 0 Å². The summed E-state index contributed by atoms with van der Waals surface area (Å²) in [6, 6.07) is 0. The highest BCUT2D eigenvalue weighted by molar-refractivity contribution is 5.09. The lowest BCUT2D eigenvalue weighted by Crippen LogP contribution is -1.71. The van der Waals surface area contributed by atoms with E-state index in [0.29, 0.717) is 0 Å². The highest BCUT2D eigenvalue weighted by atomic mass is 14.9. The molecule has 1 aromatic rings. The van der Waals surface area contributed by atoms with E-state index in [4.69, 9.17) is 0 Å². The molecule has 0 fully saturated rings. The van der Waals surface area contributed by atoms with Crippen LogP contribution in [0.5, 0.6) is 0 Å². The van der Waals surface area contributed by atoms with Gasteiger partial charge in [-0.3, -0.25) is 0 Å². The fourth-order valence-corrected chi connectivity index (χ4v) is 0.725. The normalized spacial score (nSPS) is 7.58. The number of aromatic nitrogens is 2. The molecule has 1 rings (SSSR count). The molecule has 0 aliphatic heterocycles. The second kappa shape index (κ2) is 8.31. The number of aryl methyl sites for hydroxylation is 3. The Bertz CT molecular complexity index is 170. The van der Waals surface area contributed by atoms with Gasteiger partial charge in [0.25, 0.3) is 0 Å². The van der Waals surface area contributed by atoms with E-state index < -0.39 is 0 Å². The minimum atomic E-state index is 1.00. The number of aromatic amines is 1. The Labute approximate surface area is 76.4 Å². The summed E-state index contributed by atoms with van der Waals surface area (Å²) in [4.78, 5) is 7.25. The van der Waals surface area contributed by atoms with Crippen molar-refractivity contribution in [3.63, 3.8) is 0 Å². The zero-order valence-corrected chi connectivity index (χ0v) is 9.45. The smallest absolute Gasteiger partial charge is 0.103 e. The third-order valence-electron chi connectivity index (χ3n) is 1.25. The quantitative estimate of drug-likeness (QED) is 0.635. The molecule has 2 heteroatoms. The minimum Gasteiger partial charge on any atom is -0.346 e. The third kappa shape index (κ3) is 4.94. The number of hydrogen-bond acceptors (Lipinski definition) is 1. The van der Waals surface area contributed by atoms with Gasteiger partial charge in [0, 0.05) is 5.69 Å². The van der Waals surface area contributed by atoms with Gasteiger partial charge in [-0.1, -0.05) is 27.7 Å². The van der Waals surface area contributed by atoms with Gasteiger partial charge in [-0.15, -0.1) is 0 Å². The number of imidazole rings is 1. The van der Waals surface area contributed by atoms with Gasteiger partial charge < -0.3 is 4.98 Å². The summed E-state index contributed by atoms with van der Waals surface area (Å²) in [6.07, 6.45) is 0. The molecule has 0 aliphatic rings. The lowest BCUT2D eigenvalue weighted by Gasteiger charge is -1.79. The van der Waals surface area contributed by atoms with Gasteiger partial charge in [-0.25, -0.2) is 4.98 Å².